The van der Waals surface area contributed by atoms with Gasteiger partial charge in [0, 0.05) is 0 Å². The van der Waals surface area contributed by atoms with Crippen LogP contribution in [-0.4, -0.2) is 17.3 Å². The summed E-state index contributed by atoms with van der Waals surface area (Å²) in [6.07, 6.45) is 6.55. The molecule has 1 aliphatic rings. The van der Waals surface area contributed by atoms with E-state index in [1.54, 1.807) is 0 Å². The van der Waals surface area contributed by atoms with Gasteiger partial charge in [0.2, 0.25) is 0 Å². The first-order chi connectivity index (χ1) is 11.6. The predicted octanol–water partition coefficient (Wildman–Crippen LogP) is 4.84. The molecule has 1 N–H and O–H groups in total. The van der Waals surface area contributed by atoms with Crippen molar-refractivity contribution < 1.29 is 9.84 Å². The van der Waals surface area contributed by atoms with Crippen molar-refractivity contribution >= 4 is 6.08 Å². The maximum absolute atomic E-state index is 10.7. The van der Waals surface area contributed by atoms with Gasteiger partial charge < -0.3 is 9.84 Å². The van der Waals surface area contributed by atoms with Gasteiger partial charge in [0.05, 0.1) is 18.8 Å². The van der Waals surface area contributed by atoms with Crippen LogP contribution < -0.4 is 0 Å². The molecule has 0 spiro atoms. The lowest BCUT2D eigenvalue weighted by Gasteiger charge is -2.52. The maximum Gasteiger partial charge on any atom is 0.0843 e. The van der Waals surface area contributed by atoms with Crippen LogP contribution in [0.25, 0.3) is 6.08 Å². The molecule has 0 bridgehead atoms. The molecule has 2 aromatic rings. The Bertz CT molecular complexity index is 655. The second kappa shape index (κ2) is 7.33. The van der Waals surface area contributed by atoms with Gasteiger partial charge >= 0.3 is 0 Å². The van der Waals surface area contributed by atoms with Crippen molar-refractivity contribution in [1.29, 1.82) is 0 Å². The first kappa shape index (κ1) is 16.9. The van der Waals surface area contributed by atoms with Crippen LogP contribution in [0.1, 0.15) is 37.3 Å². The van der Waals surface area contributed by atoms with Crippen LogP contribution in [0.3, 0.4) is 0 Å². The molecular weight excluding hydrogens is 296 g/mol. The lowest BCUT2D eigenvalue weighted by molar-refractivity contribution is -0.131. The molecular formula is C22H26O2. The maximum atomic E-state index is 10.7. The standard InChI is InChI=1S/C22H26O2/c1-2-21(18-24-15-20-11-7-4-8-12-20)16-22(23,17-21)14-13-19-9-5-3-6-10-19/h3-14,23H,2,15-18H2,1H3/b14-13+. The van der Waals surface area contributed by atoms with E-state index in [9.17, 15) is 5.11 Å². The fourth-order valence-electron chi connectivity index (χ4n) is 3.59. The Morgan fingerprint density at radius 1 is 1.00 bits per heavy atom. The van der Waals surface area contributed by atoms with Crippen molar-refractivity contribution in [2.24, 2.45) is 5.41 Å². The van der Waals surface area contributed by atoms with E-state index >= 15 is 0 Å². The molecule has 24 heavy (non-hydrogen) atoms. The first-order valence-electron chi connectivity index (χ1n) is 8.71. The van der Waals surface area contributed by atoms with E-state index in [2.05, 4.69) is 31.2 Å². The Balaban J connectivity index is 1.52. The molecule has 0 amide bonds. The summed E-state index contributed by atoms with van der Waals surface area (Å²) < 4.78 is 5.94. The zero-order valence-corrected chi connectivity index (χ0v) is 14.3. The minimum atomic E-state index is -0.693. The highest BCUT2D eigenvalue weighted by Crippen LogP contribution is 2.52. The molecule has 3 rings (SSSR count). The van der Waals surface area contributed by atoms with Crippen molar-refractivity contribution in [1.82, 2.24) is 0 Å². The number of benzene rings is 2. The summed E-state index contributed by atoms with van der Waals surface area (Å²) in [7, 11) is 0. The van der Waals surface area contributed by atoms with E-state index in [-0.39, 0.29) is 5.41 Å². The van der Waals surface area contributed by atoms with E-state index in [1.807, 2.05) is 48.6 Å². The summed E-state index contributed by atoms with van der Waals surface area (Å²) in [4.78, 5) is 0. The van der Waals surface area contributed by atoms with Gasteiger partial charge in [-0.3, -0.25) is 0 Å². The Labute approximate surface area is 144 Å². The van der Waals surface area contributed by atoms with Crippen LogP contribution in [0.15, 0.2) is 66.7 Å². The van der Waals surface area contributed by atoms with Crippen molar-refractivity contribution in [3.05, 3.63) is 77.9 Å². The Kier molecular flexibility index (Phi) is 5.17. The summed E-state index contributed by atoms with van der Waals surface area (Å²) in [5.41, 5.74) is 1.73. The highest BCUT2D eigenvalue weighted by molar-refractivity contribution is 5.50. The number of ether oxygens (including phenoxy) is 1. The van der Waals surface area contributed by atoms with Gasteiger partial charge in [0.1, 0.15) is 0 Å². The largest absolute Gasteiger partial charge is 0.386 e. The third-order valence-electron chi connectivity index (χ3n) is 5.02. The van der Waals surface area contributed by atoms with E-state index in [0.717, 1.165) is 24.8 Å². The van der Waals surface area contributed by atoms with E-state index in [4.69, 9.17) is 4.74 Å². The molecule has 1 saturated carbocycles. The topological polar surface area (TPSA) is 29.5 Å². The number of hydrogen-bond acceptors (Lipinski definition) is 2. The Morgan fingerprint density at radius 3 is 2.25 bits per heavy atom. The third-order valence-corrected chi connectivity index (χ3v) is 5.02. The summed E-state index contributed by atoms with van der Waals surface area (Å²) in [5, 5.41) is 10.7. The normalized spacial score (nSPS) is 26.4. The second-order valence-corrected chi connectivity index (χ2v) is 7.03. The van der Waals surface area contributed by atoms with Gasteiger partial charge in [0.15, 0.2) is 0 Å². The predicted molar refractivity (Wildman–Crippen MR) is 98.5 cm³/mol. The molecule has 0 unspecified atom stereocenters. The molecule has 0 aliphatic heterocycles. The molecule has 126 valence electrons. The smallest absolute Gasteiger partial charge is 0.0843 e. The van der Waals surface area contributed by atoms with E-state index in [1.165, 1.54) is 5.56 Å². The second-order valence-electron chi connectivity index (χ2n) is 7.03. The lowest BCUT2D eigenvalue weighted by atomic mass is 9.58. The summed E-state index contributed by atoms with van der Waals surface area (Å²) in [5.74, 6) is 0. The zero-order chi connectivity index (χ0) is 16.9. The minimum absolute atomic E-state index is 0.102. The Hall–Kier alpha value is -1.90. The molecule has 1 fully saturated rings. The number of rotatable bonds is 7. The van der Waals surface area contributed by atoms with Crippen LogP contribution in [0.2, 0.25) is 0 Å². The average Bonchev–Trinajstić information content (AvgIpc) is 2.60. The molecule has 2 nitrogen and oxygen atoms in total. The van der Waals surface area contributed by atoms with Crippen molar-refractivity contribution in [3.8, 4) is 0 Å². The van der Waals surface area contributed by atoms with Crippen LogP contribution in [0, 0.1) is 5.41 Å². The quantitative estimate of drug-likeness (QED) is 0.790. The summed E-state index contributed by atoms with van der Waals surface area (Å²) >= 11 is 0. The third kappa shape index (κ3) is 4.14. The molecule has 0 saturated heterocycles. The van der Waals surface area contributed by atoms with Gasteiger partial charge in [-0.1, -0.05) is 79.7 Å². The van der Waals surface area contributed by atoms with E-state index in [0.29, 0.717) is 13.2 Å². The fourth-order valence-corrected chi connectivity index (χ4v) is 3.59. The fraction of sp³-hybridized carbons (Fsp3) is 0.364. The van der Waals surface area contributed by atoms with Crippen LogP contribution in [0.4, 0.5) is 0 Å². The summed E-state index contributed by atoms with van der Waals surface area (Å²) in [6.45, 7) is 3.53. The molecule has 0 heterocycles. The summed E-state index contributed by atoms with van der Waals surface area (Å²) in [6, 6.07) is 20.4. The SMILES string of the molecule is CCC1(COCc2ccccc2)CC(O)(/C=C/c2ccccc2)C1. The van der Waals surface area contributed by atoms with Crippen molar-refractivity contribution in [3.63, 3.8) is 0 Å². The molecule has 2 heteroatoms. The highest BCUT2D eigenvalue weighted by atomic mass is 16.5. The average molecular weight is 322 g/mol. The van der Waals surface area contributed by atoms with Crippen molar-refractivity contribution in [2.45, 2.75) is 38.4 Å². The molecule has 0 radical (unpaired) electrons. The van der Waals surface area contributed by atoms with Crippen LogP contribution in [-0.2, 0) is 11.3 Å². The van der Waals surface area contributed by atoms with Gasteiger partial charge in [0.25, 0.3) is 0 Å². The molecule has 0 atom stereocenters. The Morgan fingerprint density at radius 2 is 1.62 bits per heavy atom. The van der Waals surface area contributed by atoms with E-state index < -0.39 is 5.60 Å². The monoisotopic (exact) mass is 322 g/mol. The number of hydrogen-bond donors (Lipinski definition) is 1. The number of aliphatic hydroxyl groups is 1. The molecule has 1 aliphatic carbocycles. The van der Waals surface area contributed by atoms with Crippen molar-refractivity contribution in [2.75, 3.05) is 6.61 Å². The zero-order valence-electron chi connectivity index (χ0n) is 14.3. The van der Waals surface area contributed by atoms with Gasteiger partial charge in [-0.2, -0.15) is 0 Å². The molecule has 2 aromatic carbocycles. The molecule has 0 aromatic heterocycles. The van der Waals surface area contributed by atoms with Gasteiger partial charge in [-0.25, -0.2) is 0 Å². The minimum Gasteiger partial charge on any atom is -0.386 e. The van der Waals surface area contributed by atoms with Crippen LogP contribution >= 0.6 is 0 Å². The van der Waals surface area contributed by atoms with Crippen LogP contribution in [0.5, 0.6) is 0 Å². The van der Waals surface area contributed by atoms with Gasteiger partial charge in [-0.15, -0.1) is 0 Å². The first-order valence-corrected chi connectivity index (χ1v) is 8.71. The van der Waals surface area contributed by atoms with Gasteiger partial charge in [-0.05, 0) is 35.8 Å². The lowest BCUT2D eigenvalue weighted by Crippen LogP contribution is -2.52. The highest BCUT2D eigenvalue weighted by Gasteiger charge is 2.51.